The van der Waals surface area contributed by atoms with Crippen molar-refractivity contribution in [3.63, 3.8) is 0 Å². The average Bonchev–Trinajstić information content (AvgIpc) is 3.04. The predicted molar refractivity (Wildman–Crippen MR) is 81.4 cm³/mol. The summed E-state index contributed by atoms with van der Waals surface area (Å²) in [6.07, 6.45) is 4.59. The molecule has 0 unspecified atom stereocenters. The van der Waals surface area contributed by atoms with Gasteiger partial charge in [0.05, 0.1) is 0 Å². The Hall–Kier alpha value is -2.05. The van der Waals surface area contributed by atoms with Gasteiger partial charge in [0, 0.05) is 46.5 Å². The standard InChI is InChI=1S/C15H23N5O2/c1-18(2)14(22)17-11-8-15(9-11)5-7-20(10-15)13(21)12-4-6-16-19(12)3/h4,6,11H,5,7-10H2,1-3H3,(H,17,22). The van der Waals surface area contributed by atoms with Crippen molar-refractivity contribution in [1.82, 2.24) is 24.9 Å². The van der Waals surface area contributed by atoms with Crippen molar-refractivity contribution in [2.24, 2.45) is 12.5 Å². The zero-order chi connectivity index (χ0) is 15.9. The second kappa shape index (κ2) is 5.30. The molecule has 0 aromatic carbocycles. The lowest BCUT2D eigenvalue weighted by atomic mass is 9.65. The van der Waals surface area contributed by atoms with Crippen molar-refractivity contribution in [3.8, 4) is 0 Å². The van der Waals surface area contributed by atoms with Crippen LogP contribution in [0.5, 0.6) is 0 Å². The molecule has 2 fully saturated rings. The molecule has 0 radical (unpaired) electrons. The van der Waals surface area contributed by atoms with Gasteiger partial charge in [-0.2, -0.15) is 5.10 Å². The fourth-order valence-corrected chi connectivity index (χ4v) is 3.58. The lowest BCUT2D eigenvalue weighted by Crippen LogP contribution is -2.54. The fraction of sp³-hybridized carbons (Fsp3) is 0.667. The molecule has 3 amide bonds. The van der Waals surface area contributed by atoms with Gasteiger partial charge in [0.15, 0.2) is 0 Å². The van der Waals surface area contributed by atoms with E-state index in [1.54, 1.807) is 43.0 Å². The maximum Gasteiger partial charge on any atom is 0.317 e. The fourth-order valence-electron chi connectivity index (χ4n) is 3.58. The maximum absolute atomic E-state index is 12.5. The first-order chi connectivity index (χ1) is 10.4. The minimum atomic E-state index is -0.0411. The summed E-state index contributed by atoms with van der Waals surface area (Å²) in [6.45, 7) is 1.57. The first kappa shape index (κ1) is 14.9. The molecule has 1 saturated carbocycles. The monoisotopic (exact) mass is 305 g/mol. The van der Waals surface area contributed by atoms with Crippen LogP contribution in [-0.4, -0.2) is 64.7 Å². The molecule has 120 valence electrons. The molecule has 2 heterocycles. The summed E-state index contributed by atoms with van der Waals surface area (Å²) in [5, 5.41) is 7.07. The van der Waals surface area contributed by atoms with Gasteiger partial charge in [-0.05, 0) is 30.7 Å². The summed E-state index contributed by atoms with van der Waals surface area (Å²) < 4.78 is 1.62. The topological polar surface area (TPSA) is 70.5 Å². The molecule has 3 rings (SSSR count). The van der Waals surface area contributed by atoms with Gasteiger partial charge in [0.2, 0.25) is 0 Å². The smallest absolute Gasteiger partial charge is 0.317 e. The average molecular weight is 305 g/mol. The highest BCUT2D eigenvalue weighted by atomic mass is 16.2. The van der Waals surface area contributed by atoms with E-state index in [2.05, 4.69) is 10.4 Å². The van der Waals surface area contributed by atoms with Crippen LogP contribution in [0.1, 0.15) is 29.8 Å². The number of nitrogens with zero attached hydrogens (tertiary/aromatic N) is 4. The van der Waals surface area contributed by atoms with Crippen LogP contribution in [-0.2, 0) is 7.05 Å². The summed E-state index contributed by atoms with van der Waals surface area (Å²) in [6, 6.07) is 1.95. The van der Waals surface area contributed by atoms with Crippen molar-refractivity contribution in [2.75, 3.05) is 27.2 Å². The van der Waals surface area contributed by atoms with E-state index in [1.165, 1.54) is 0 Å². The number of hydrogen-bond acceptors (Lipinski definition) is 3. The van der Waals surface area contributed by atoms with Crippen molar-refractivity contribution in [1.29, 1.82) is 0 Å². The van der Waals surface area contributed by atoms with Crippen molar-refractivity contribution < 1.29 is 9.59 Å². The zero-order valence-electron chi connectivity index (χ0n) is 13.4. The molecule has 1 aliphatic heterocycles. The zero-order valence-corrected chi connectivity index (χ0v) is 13.4. The van der Waals surface area contributed by atoms with Crippen LogP contribution in [0.3, 0.4) is 0 Å². The van der Waals surface area contributed by atoms with E-state index in [0.29, 0.717) is 5.69 Å². The highest BCUT2D eigenvalue weighted by molar-refractivity contribution is 5.92. The Labute approximate surface area is 130 Å². The molecule has 1 saturated heterocycles. The minimum absolute atomic E-state index is 0.0411. The highest BCUT2D eigenvalue weighted by Gasteiger charge is 2.50. The second-order valence-electron chi connectivity index (χ2n) is 6.77. The van der Waals surface area contributed by atoms with Gasteiger partial charge >= 0.3 is 6.03 Å². The van der Waals surface area contributed by atoms with Gasteiger partial charge in [-0.1, -0.05) is 0 Å². The Bertz CT molecular complexity index is 589. The number of rotatable bonds is 2. The molecule has 1 spiro atoms. The van der Waals surface area contributed by atoms with E-state index in [0.717, 1.165) is 32.4 Å². The Kier molecular flexibility index (Phi) is 3.58. The molecule has 7 nitrogen and oxygen atoms in total. The van der Waals surface area contributed by atoms with Gasteiger partial charge in [0.25, 0.3) is 5.91 Å². The number of amides is 3. The Morgan fingerprint density at radius 1 is 1.41 bits per heavy atom. The van der Waals surface area contributed by atoms with Gasteiger partial charge < -0.3 is 15.1 Å². The molecule has 1 N–H and O–H groups in total. The third-order valence-corrected chi connectivity index (χ3v) is 4.86. The molecule has 22 heavy (non-hydrogen) atoms. The molecule has 0 bridgehead atoms. The number of carbonyl (C=O) groups excluding carboxylic acids is 2. The lowest BCUT2D eigenvalue weighted by Gasteiger charge is -2.45. The van der Waals surface area contributed by atoms with E-state index in [4.69, 9.17) is 0 Å². The minimum Gasteiger partial charge on any atom is -0.337 e. The second-order valence-corrected chi connectivity index (χ2v) is 6.77. The van der Waals surface area contributed by atoms with Crippen LogP contribution in [0.15, 0.2) is 12.3 Å². The van der Waals surface area contributed by atoms with Crippen LogP contribution in [0.25, 0.3) is 0 Å². The molecule has 1 aromatic heterocycles. The number of aryl methyl sites for hydroxylation is 1. The molecule has 1 aromatic rings. The third-order valence-electron chi connectivity index (χ3n) is 4.86. The van der Waals surface area contributed by atoms with E-state index in [-0.39, 0.29) is 23.4 Å². The quantitative estimate of drug-likeness (QED) is 0.874. The number of hydrogen-bond donors (Lipinski definition) is 1. The van der Waals surface area contributed by atoms with E-state index >= 15 is 0 Å². The molecule has 7 heteroatoms. The van der Waals surface area contributed by atoms with Gasteiger partial charge in [0.1, 0.15) is 5.69 Å². The highest BCUT2D eigenvalue weighted by Crippen LogP contribution is 2.48. The van der Waals surface area contributed by atoms with E-state index in [1.807, 2.05) is 4.90 Å². The molecule has 0 atom stereocenters. The first-order valence-corrected chi connectivity index (χ1v) is 7.65. The van der Waals surface area contributed by atoms with E-state index in [9.17, 15) is 9.59 Å². The molecule has 2 aliphatic rings. The maximum atomic E-state index is 12.5. The van der Waals surface area contributed by atoms with Crippen molar-refractivity contribution in [3.05, 3.63) is 18.0 Å². The number of likely N-dealkylation sites (tertiary alicyclic amines) is 1. The normalized spacial score (nSPS) is 26.9. The lowest BCUT2D eigenvalue weighted by molar-refractivity contribution is 0.0656. The van der Waals surface area contributed by atoms with Crippen molar-refractivity contribution in [2.45, 2.75) is 25.3 Å². The van der Waals surface area contributed by atoms with Crippen LogP contribution in [0.4, 0.5) is 4.79 Å². The SMILES string of the molecule is CN(C)C(=O)NC1CC2(CCN(C(=O)c3ccnn3C)C2)C1. The Balaban J connectivity index is 1.55. The summed E-state index contributed by atoms with van der Waals surface area (Å²) in [4.78, 5) is 27.6. The van der Waals surface area contributed by atoms with Crippen LogP contribution < -0.4 is 5.32 Å². The van der Waals surface area contributed by atoms with Crippen LogP contribution in [0, 0.1) is 5.41 Å². The number of carbonyl (C=O) groups is 2. The Morgan fingerprint density at radius 2 is 2.14 bits per heavy atom. The number of nitrogens with one attached hydrogen (secondary N) is 1. The molecular weight excluding hydrogens is 282 g/mol. The van der Waals surface area contributed by atoms with Crippen molar-refractivity contribution >= 4 is 11.9 Å². The predicted octanol–water partition coefficient (Wildman–Crippen LogP) is 0.686. The molecule has 1 aliphatic carbocycles. The molecular formula is C15H23N5O2. The third kappa shape index (κ3) is 2.55. The van der Waals surface area contributed by atoms with Crippen LogP contribution >= 0.6 is 0 Å². The summed E-state index contributed by atoms with van der Waals surface area (Å²) in [5.74, 6) is 0.0534. The summed E-state index contributed by atoms with van der Waals surface area (Å²) in [7, 11) is 5.27. The Morgan fingerprint density at radius 3 is 2.73 bits per heavy atom. The van der Waals surface area contributed by atoms with Gasteiger partial charge in [-0.25, -0.2) is 4.79 Å². The first-order valence-electron chi connectivity index (χ1n) is 7.65. The van der Waals surface area contributed by atoms with E-state index < -0.39 is 0 Å². The summed E-state index contributed by atoms with van der Waals surface area (Å²) >= 11 is 0. The van der Waals surface area contributed by atoms with Gasteiger partial charge in [-0.3, -0.25) is 9.48 Å². The summed E-state index contributed by atoms with van der Waals surface area (Å²) in [5.41, 5.74) is 0.826. The number of urea groups is 1. The largest absolute Gasteiger partial charge is 0.337 e. The number of aromatic nitrogens is 2. The van der Waals surface area contributed by atoms with Crippen LogP contribution in [0.2, 0.25) is 0 Å². The van der Waals surface area contributed by atoms with Gasteiger partial charge in [-0.15, -0.1) is 0 Å².